The lowest BCUT2D eigenvalue weighted by Crippen LogP contribution is -2.14. The van der Waals surface area contributed by atoms with Crippen LogP contribution in [0.15, 0.2) is 24.3 Å². The van der Waals surface area contributed by atoms with Crippen molar-refractivity contribution in [3.8, 4) is 5.75 Å². The second-order valence-corrected chi connectivity index (χ2v) is 4.54. The van der Waals surface area contributed by atoms with Crippen LogP contribution in [0.3, 0.4) is 0 Å². The molecule has 14 heavy (non-hydrogen) atoms. The van der Waals surface area contributed by atoms with Crippen LogP contribution in [0.4, 0.5) is 0 Å². The number of methoxy groups -OCH3 is 1. The van der Waals surface area contributed by atoms with Gasteiger partial charge in [-0.1, -0.05) is 26.0 Å². The molecule has 1 saturated carbocycles. The Bertz CT molecular complexity index is 307. The number of hydrogen-bond donors (Lipinski definition) is 0. The maximum atomic E-state index is 5.16. The first-order valence-electron chi connectivity index (χ1n) is 5.33. The van der Waals surface area contributed by atoms with E-state index < -0.39 is 0 Å². The third-order valence-corrected chi connectivity index (χ3v) is 3.56. The second kappa shape index (κ2) is 3.30. The van der Waals surface area contributed by atoms with Crippen molar-refractivity contribution in [1.82, 2.24) is 0 Å². The number of rotatable bonds is 3. The summed E-state index contributed by atoms with van der Waals surface area (Å²) >= 11 is 0. The molecule has 1 heteroatoms. The summed E-state index contributed by atoms with van der Waals surface area (Å²) in [6.45, 7) is 4.63. The average Bonchev–Trinajstić information content (AvgIpc) is 2.99. The summed E-state index contributed by atoms with van der Waals surface area (Å²) in [5, 5.41) is 0. The van der Waals surface area contributed by atoms with Gasteiger partial charge in [0.05, 0.1) is 7.11 Å². The Hall–Kier alpha value is -0.980. The van der Waals surface area contributed by atoms with Crippen molar-refractivity contribution in [3.63, 3.8) is 0 Å². The Balaban J connectivity index is 2.25. The lowest BCUT2D eigenvalue weighted by molar-refractivity contribution is 0.413. The fourth-order valence-electron chi connectivity index (χ4n) is 2.26. The minimum absolute atomic E-state index is 0.478. The highest BCUT2D eigenvalue weighted by Crippen LogP contribution is 2.53. The van der Waals surface area contributed by atoms with E-state index in [4.69, 9.17) is 4.74 Å². The van der Waals surface area contributed by atoms with Gasteiger partial charge in [-0.3, -0.25) is 0 Å². The van der Waals surface area contributed by atoms with E-state index in [0.29, 0.717) is 5.41 Å². The van der Waals surface area contributed by atoms with E-state index >= 15 is 0 Å². The van der Waals surface area contributed by atoms with Gasteiger partial charge in [-0.15, -0.1) is 0 Å². The smallest absolute Gasteiger partial charge is 0.118 e. The first kappa shape index (κ1) is 9.57. The molecule has 0 atom stereocenters. The molecule has 0 spiro atoms. The molecular weight excluding hydrogens is 172 g/mol. The summed E-state index contributed by atoms with van der Waals surface area (Å²) in [5.74, 6) is 1.70. The maximum absolute atomic E-state index is 5.16. The van der Waals surface area contributed by atoms with Crippen LogP contribution >= 0.6 is 0 Å². The fraction of sp³-hybridized carbons (Fsp3) is 0.538. The summed E-state index contributed by atoms with van der Waals surface area (Å²) in [7, 11) is 1.71. The van der Waals surface area contributed by atoms with Gasteiger partial charge in [-0.05, 0) is 41.9 Å². The predicted octanol–water partition coefficient (Wildman–Crippen LogP) is 3.38. The zero-order chi connectivity index (χ0) is 10.2. The molecule has 0 unspecified atom stereocenters. The topological polar surface area (TPSA) is 9.23 Å². The largest absolute Gasteiger partial charge is 0.497 e. The van der Waals surface area contributed by atoms with Crippen molar-refractivity contribution >= 4 is 0 Å². The standard InChI is InChI=1S/C13H18O/c1-10(2)13(8-9-13)11-4-6-12(14-3)7-5-11/h4-7,10H,8-9H2,1-3H3. The monoisotopic (exact) mass is 190 g/mol. The highest BCUT2D eigenvalue weighted by Gasteiger charge is 2.46. The van der Waals surface area contributed by atoms with Crippen LogP contribution in [0.5, 0.6) is 5.75 Å². The second-order valence-electron chi connectivity index (χ2n) is 4.54. The van der Waals surface area contributed by atoms with Crippen molar-refractivity contribution in [1.29, 1.82) is 0 Å². The molecule has 0 N–H and O–H groups in total. The Morgan fingerprint density at radius 1 is 1.14 bits per heavy atom. The Labute approximate surface area is 86.1 Å². The highest BCUT2D eigenvalue weighted by molar-refractivity contribution is 5.36. The zero-order valence-corrected chi connectivity index (χ0v) is 9.21. The van der Waals surface area contributed by atoms with Gasteiger partial charge in [0, 0.05) is 0 Å². The Morgan fingerprint density at radius 2 is 1.71 bits per heavy atom. The quantitative estimate of drug-likeness (QED) is 0.710. The van der Waals surface area contributed by atoms with Crippen molar-refractivity contribution < 1.29 is 4.74 Å². The molecule has 1 aromatic rings. The van der Waals surface area contributed by atoms with Gasteiger partial charge >= 0.3 is 0 Å². The summed E-state index contributed by atoms with van der Waals surface area (Å²) < 4.78 is 5.16. The van der Waals surface area contributed by atoms with Gasteiger partial charge in [0.15, 0.2) is 0 Å². The zero-order valence-electron chi connectivity index (χ0n) is 9.21. The van der Waals surface area contributed by atoms with Crippen molar-refractivity contribution in [2.24, 2.45) is 5.92 Å². The molecule has 1 nitrogen and oxygen atoms in total. The Kier molecular flexibility index (Phi) is 2.26. The minimum atomic E-state index is 0.478. The van der Waals surface area contributed by atoms with Crippen LogP contribution < -0.4 is 4.74 Å². The fourth-order valence-corrected chi connectivity index (χ4v) is 2.26. The molecule has 1 aromatic carbocycles. The van der Waals surface area contributed by atoms with Gasteiger partial charge in [0.25, 0.3) is 0 Å². The lowest BCUT2D eigenvalue weighted by atomic mass is 9.85. The highest BCUT2D eigenvalue weighted by atomic mass is 16.5. The first-order valence-corrected chi connectivity index (χ1v) is 5.33. The van der Waals surface area contributed by atoms with Gasteiger partial charge in [-0.2, -0.15) is 0 Å². The van der Waals surface area contributed by atoms with E-state index in [1.54, 1.807) is 7.11 Å². The van der Waals surface area contributed by atoms with Crippen LogP contribution in [0.1, 0.15) is 32.3 Å². The molecule has 0 aromatic heterocycles. The molecule has 0 aliphatic heterocycles. The molecule has 1 fully saturated rings. The third kappa shape index (κ3) is 1.41. The van der Waals surface area contributed by atoms with E-state index in [1.807, 2.05) is 0 Å². The van der Waals surface area contributed by atoms with Crippen LogP contribution in [0.25, 0.3) is 0 Å². The molecule has 0 radical (unpaired) electrons. The molecule has 0 saturated heterocycles. The van der Waals surface area contributed by atoms with E-state index in [9.17, 15) is 0 Å². The molecular formula is C13H18O. The minimum Gasteiger partial charge on any atom is -0.497 e. The van der Waals surface area contributed by atoms with Gasteiger partial charge in [-0.25, -0.2) is 0 Å². The van der Waals surface area contributed by atoms with Crippen LogP contribution in [0.2, 0.25) is 0 Å². The third-order valence-electron chi connectivity index (χ3n) is 3.56. The van der Waals surface area contributed by atoms with E-state index in [-0.39, 0.29) is 0 Å². The van der Waals surface area contributed by atoms with Crippen LogP contribution in [0, 0.1) is 5.92 Å². The molecule has 1 aliphatic carbocycles. The summed E-state index contributed by atoms with van der Waals surface area (Å²) in [6, 6.07) is 8.56. The molecule has 0 bridgehead atoms. The van der Waals surface area contributed by atoms with E-state index in [2.05, 4.69) is 38.1 Å². The number of hydrogen-bond acceptors (Lipinski definition) is 1. The molecule has 76 valence electrons. The molecule has 0 heterocycles. The van der Waals surface area contributed by atoms with Crippen molar-refractivity contribution in [2.75, 3.05) is 7.11 Å². The van der Waals surface area contributed by atoms with Gasteiger partial charge < -0.3 is 4.74 Å². The SMILES string of the molecule is COc1ccc(C2(C(C)C)CC2)cc1. The van der Waals surface area contributed by atoms with Gasteiger partial charge in [0.2, 0.25) is 0 Å². The summed E-state index contributed by atoms with van der Waals surface area (Å²) in [4.78, 5) is 0. The van der Waals surface area contributed by atoms with Crippen molar-refractivity contribution in [3.05, 3.63) is 29.8 Å². The average molecular weight is 190 g/mol. The summed E-state index contributed by atoms with van der Waals surface area (Å²) in [6.07, 6.45) is 2.69. The molecule has 2 rings (SSSR count). The number of benzene rings is 1. The molecule has 0 amide bonds. The first-order chi connectivity index (χ1) is 6.69. The van der Waals surface area contributed by atoms with E-state index in [1.165, 1.54) is 18.4 Å². The summed E-state index contributed by atoms with van der Waals surface area (Å²) in [5.41, 5.74) is 1.96. The normalized spacial score (nSPS) is 18.3. The van der Waals surface area contributed by atoms with Crippen molar-refractivity contribution in [2.45, 2.75) is 32.1 Å². The number of ether oxygens (including phenoxy) is 1. The Morgan fingerprint density at radius 3 is 2.07 bits per heavy atom. The van der Waals surface area contributed by atoms with Crippen LogP contribution in [-0.4, -0.2) is 7.11 Å². The predicted molar refractivity (Wildman–Crippen MR) is 58.7 cm³/mol. The lowest BCUT2D eigenvalue weighted by Gasteiger charge is -2.20. The molecule has 1 aliphatic rings. The van der Waals surface area contributed by atoms with E-state index in [0.717, 1.165) is 11.7 Å². The van der Waals surface area contributed by atoms with Gasteiger partial charge in [0.1, 0.15) is 5.75 Å². The van der Waals surface area contributed by atoms with Crippen LogP contribution in [-0.2, 0) is 5.41 Å². The maximum Gasteiger partial charge on any atom is 0.118 e.